The number of amides is 1. The molecule has 0 radical (unpaired) electrons. The van der Waals surface area contributed by atoms with Gasteiger partial charge >= 0.3 is 0 Å². The van der Waals surface area contributed by atoms with E-state index in [-0.39, 0.29) is 0 Å². The fraction of sp³-hybridized carbons (Fsp3) is 0.192. The number of imidazole rings is 1. The number of nitrogens with two attached hydrogens (primary N) is 1. The zero-order chi connectivity index (χ0) is 23.4. The minimum Gasteiger partial charge on any atom is -0.384 e. The van der Waals surface area contributed by atoms with E-state index >= 15 is 0 Å². The van der Waals surface area contributed by atoms with Crippen LogP contribution in [0, 0.1) is 0 Å². The summed E-state index contributed by atoms with van der Waals surface area (Å²) < 4.78 is 0. The number of carbonyl (C=O) groups excluding carboxylic acids is 1. The van der Waals surface area contributed by atoms with Gasteiger partial charge in [-0.1, -0.05) is 42.5 Å². The number of rotatable bonds is 4. The average molecular weight is 453 g/mol. The van der Waals surface area contributed by atoms with Crippen molar-refractivity contribution < 1.29 is 9.90 Å². The fourth-order valence-electron chi connectivity index (χ4n) is 4.94. The molecular formula is C26H24N6O2. The van der Waals surface area contributed by atoms with Crippen LogP contribution in [0.4, 0.5) is 0 Å². The van der Waals surface area contributed by atoms with E-state index in [1.54, 1.807) is 17.1 Å². The summed E-state index contributed by atoms with van der Waals surface area (Å²) >= 11 is 0. The highest BCUT2D eigenvalue weighted by Gasteiger charge is 2.38. The number of hydrogen-bond donors (Lipinski definition) is 4. The second-order valence-electron chi connectivity index (χ2n) is 8.80. The standard InChI is InChI=1S/C26H24N6O2/c1-32-23(26-29-20-10-16-12-28-13-17(16)11-21(20)30-26)24(33)22(31-32)15-8-6-14(7-9-15)18-4-2-3-5-19(18)25(27)34/h2-11,23-24,28,33H,12-13H2,1H3,(H2,27,34)(H,29,30). The lowest BCUT2D eigenvalue weighted by Crippen LogP contribution is -2.29. The molecular weight excluding hydrogens is 428 g/mol. The smallest absolute Gasteiger partial charge is 0.249 e. The Morgan fingerprint density at radius 2 is 1.76 bits per heavy atom. The van der Waals surface area contributed by atoms with Crippen molar-refractivity contribution in [2.45, 2.75) is 25.2 Å². The van der Waals surface area contributed by atoms with E-state index in [1.807, 2.05) is 43.4 Å². The lowest BCUT2D eigenvalue weighted by atomic mass is 9.95. The van der Waals surface area contributed by atoms with Gasteiger partial charge in [-0.3, -0.25) is 9.80 Å². The number of nitrogens with zero attached hydrogens (tertiary/aromatic N) is 3. The maximum atomic E-state index is 11.8. The van der Waals surface area contributed by atoms with Gasteiger partial charge in [0, 0.05) is 31.3 Å². The first-order valence-electron chi connectivity index (χ1n) is 11.2. The molecule has 8 nitrogen and oxygen atoms in total. The Morgan fingerprint density at radius 3 is 2.53 bits per heavy atom. The number of H-pyrrole nitrogens is 1. The van der Waals surface area contributed by atoms with E-state index in [9.17, 15) is 9.90 Å². The third-order valence-corrected chi connectivity index (χ3v) is 6.66. The second-order valence-corrected chi connectivity index (χ2v) is 8.80. The lowest BCUT2D eigenvalue weighted by Gasteiger charge is -2.19. The summed E-state index contributed by atoms with van der Waals surface area (Å²) in [4.78, 5) is 20.0. The number of aliphatic hydroxyl groups excluding tert-OH is 1. The van der Waals surface area contributed by atoms with Crippen LogP contribution in [0.3, 0.4) is 0 Å². The summed E-state index contributed by atoms with van der Waals surface area (Å²) in [6.45, 7) is 1.71. The molecule has 2 atom stereocenters. The number of benzene rings is 3. The Bertz CT molecular complexity index is 1420. The molecule has 0 fully saturated rings. The van der Waals surface area contributed by atoms with Gasteiger partial charge in [-0.2, -0.15) is 5.10 Å². The minimum atomic E-state index is -0.845. The molecule has 2 aliphatic heterocycles. The molecule has 2 aliphatic rings. The molecule has 2 unspecified atom stereocenters. The van der Waals surface area contributed by atoms with E-state index in [1.165, 1.54) is 11.1 Å². The summed E-state index contributed by atoms with van der Waals surface area (Å²) in [5, 5.41) is 21.0. The van der Waals surface area contributed by atoms with E-state index < -0.39 is 18.1 Å². The van der Waals surface area contributed by atoms with Crippen LogP contribution < -0.4 is 11.1 Å². The fourth-order valence-corrected chi connectivity index (χ4v) is 4.94. The van der Waals surface area contributed by atoms with Gasteiger partial charge in [-0.25, -0.2) is 4.98 Å². The number of hydrogen-bond acceptors (Lipinski definition) is 6. The van der Waals surface area contributed by atoms with Crippen LogP contribution in [0.5, 0.6) is 0 Å². The third-order valence-electron chi connectivity index (χ3n) is 6.66. The molecule has 0 bridgehead atoms. The van der Waals surface area contributed by atoms with Crippen molar-refractivity contribution in [1.82, 2.24) is 20.3 Å². The van der Waals surface area contributed by atoms with Crippen LogP contribution >= 0.6 is 0 Å². The molecule has 0 saturated carbocycles. The molecule has 34 heavy (non-hydrogen) atoms. The van der Waals surface area contributed by atoms with Gasteiger partial charge in [-0.15, -0.1) is 0 Å². The normalized spacial score (nSPS) is 19.5. The summed E-state index contributed by atoms with van der Waals surface area (Å²) in [5.41, 5.74) is 13.4. The van der Waals surface area contributed by atoms with Gasteiger partial charge in [0.05, 0.1) is 16.7 Å². The van der Waals surface area contributed by atoms with Crippen LogP contribution in [0.25, 0.3) is 22.2 Å². The van der Waals surface area contributed by atoms with Crippen LogP contribution in [0.1, 0.15) is 38.9 Å². The van der Waals surface area contributed by atoms with E-state index in [0.29, 0.717) is 17.1 Å². The second kappa shape index (κ2) is 7.79. The Kier molecular flexibility index (Phi) is 4.72. The predicted molar refractivity (Wildman–Crippen MR) is 130 cm³/mol. The van der Waals surface area contributed by atoms with Gasteiger partial charge in [0.1, 0.15) is 18.0 Å². The van der Waals surface area contributed by atoms with Crippen LogP contribution in [0.2, 0.25) is 0 Å². The number of aromatic amines is 1. The van der Waals surface area contributed by atoms with Crippen molar-refractivity contribution in [3.63, 3.8) is 0 Å². The van der Waals surface area contributed by atoms with Crippen molar-refractivity contribution in [3.05, 3.63) is 88.7 Å². The van der Waals surface area contributed by atoms with Gasteiger partial charge in [0.15, 0.2) is 0 Å². The van der Waals surface area contributed by atoms with Crippen LogP contribution in [0.15, 0.2) is 65.8 Å². The highest BCUT2D eigenvalue weighted by Crippen LogP contribution is 2.33. The van der Waals surface area contributed by atoms with Crippen molar-refractivity contribution in [2.75, 3.05) is 7.05 Å². The molecule has 6 rings (SSSR count). The third kappa shape index (κ3) is 3.27. The number of carbonyl (C=O) groups is 1. The predicted octanol–water partition coefficient (Wildman–Crippen LogP) is 2.68. The maximum Gasteiger partial charge on any atom is 0.249 e. The first kappa shape index (κ1) is 20.6. The molecule has 4 aromatic rings. The number of aliphatic hydroxyl groups is 1. The zero-order valence-corrected chi connectivity index (χ0v) is 18.6. The van der Waals surface area contributed by atoms with Crippen LogP contribution in [-0.4, -0.2) is 44.9 Å². The van der Waals surface area contributed by atoms with E-state index in [4.69, 9.17) is 10.7 Å². The van der Waals surface area contributed by atoms with Gasteiger partial charge in [0.25, 0.3) is 0 Å². The Labute approximate surface area is 196 Å². The minimum absolute atomic E-state index is 0.411. The van der Waals surface area contributed by atoms with Crippen molar-refractivity contribution >= 4 is 22.7 Å². The Hall–Kier alpha value is -4.01. The first-order valence-corrected chi connectivity index (χ1v) is 11.2. The van der Waals surface area contributed by atoms with E-state index in [2.05, 4.69) is 27.5 Å². The molecule has 0 spiro atoms. The van der Waals surface area contributed by atoms with Gasteiger partial charge < -0.3 is 21.1 Å². The highest BCUT2D eigenvalue weighted by molar-refractivity contribution is 6.05. The molecule has 3 aromatic carbocycles. The van der Waals surface area contributed by atoms with Crippen molar-refractivity contribution in [3.8, 4) is 11.1 Å². The largest absolute Gasteiger partial charge is 0.384 e. The number of fused-ring (bicyclic) bond motifs is 2. The molecule has 170 valence electrons. The zero-order valence-electron chi connectivity index (χ0n) is 18.6. The average Bonchev–Trinajstić information content (AvgIpc) is 3.53. The first-order chi connectivity index (χ1) is 16.5. The SMILES string of the molecule is CN1N=C(c2ccc(-c3ccccc3C(N)=O)cc2)C(O)C1c1nc2cc3c(cc2[nH]1)CNC3. The Morgan fingerprint density at radius 1 is 1.06 bits per heavy atom. The lowest BCUT2D eigenvalue weighted by molar-refractivity contribution is 0.100. The topological polar surface area (TPSA) is 120 Å². The number of nitrogens with one attached hydrogen (secondary N) is 2. The van der Waals surface area contributed by atoms with Crippen LogP contribution in [-0.2, 0) is 13.1 Å². The molecule has 8 heteroatoms. The summed E-state index contributed by atoms with van der Waals surface area (Å²) in [6, 6.07) is 18.7. The summed E-state index contributed by atoms with van der Waals surface area (Å²) in [6.07, 6.45) is -0.845. The quantitative estimate of drug-likeness (QED) is 0.380. The number of aromatic nitrogens is 2. The number of hydrazone groups is 1. The van der Waals surface area contributed by atoms with Crippen molar-refractivity contribution in [1.29, 1.82) is 0 Å². The molecule has 5 N–H and O–H groups in total. The van der Waals surface area contributed by atoms with Crippen molar-refractivity contribution in [2.24, 2.45) is 10.8 Å². The van der Waals surface area contributed by atoms with E-state index in [0.717, 1.165) is 40.8 Å². The highest BCUT2D eigenvalue weighted by atomic mass is 16.3. The summed E-state index contributed by atoms with van der Waals surface area (Å²) in [7, 11) is 1.84. The Balaban J connectivity index is 1.29. The maximum absolute atomic E-state index is 11.8. The monoisotopic (exact) mass is 452 g/mol. The molecule has 0 saturated heterocycles. The molecule has 3 heterocycles. The molecule has 1 amide bonds. The van der Waals surface area contributed by atoms with Gasteiger partial charge in [0.2, 0.25) is 5.91 Å². The number of likely N-dealkylation sites (N-methyl/N-ethyl adjacent to an activating group) is 1. The summed E-state index contributed by atoms with van der Waals surface area (Å²) in [5.74, 6) is 0.222. The molecule has 1 aromatic heterocycles. The molecule has 0 aliphatic carbocycles. The number of primary amides is 1. The van der Waals surface area contributed by atoms with Gasteiger partial charge in [-0.05, 0) is 40.5 Å².